The second-order valence-electron chi connectivity index (χ2n) is 4.46. The molecule has 0 aliphatic carbocycles. The number of nitrogens with zero attached hydrogens (tertiary/aromatic N) is 1. The second kappa shape index (κ2) is 5.71. The van der Waals surface area contributed by atoms with Gasteiger partial charge in [-0.1, -0.05) is 19.1 Å². The van der Waals surface area contributed by atoms with Crippen LogP contribution in [0.1, 0.15) is 18.4 Å². The van der Waals surface area contributed by atoms with Crippen LogP contribution >= 0.6 is 11.3 Å². The Kier molecular flexibility index (Phi) is 4.21. The van der Waals surface area contributed by atoms with Crippen LogP contribution in [-0.2, 0) is 9.84 Å². The zero-order valence-electron chi connectivity index (χ0n) is 10.8. The highest BCUT2D eigenvalue weighted by Crippen LogP contribution is 2.19. The summed E-state index contributed by atoms with van der Waals surface area (Å²) in [5.41, 5.74) is 1.11. The lowest BCUT2D eigenvalue weighted by molar-refractivity contribution is 0.602. The third kappa shape index (κ3) is 3.78. The number of rotatable bonds is 5. The van der Waals surface area contributed by atoms with Gasteiger partial charge in [-0.2, -0.15) is 0 Å². The third-order valence-electron chi connectivity index (χ3n) is 2.87. The van der Waals surface area contributed by atoms with Crippen molar-refractivity contribution in [3.05, 3.63) is 41.4 Å². The van der Waals surface area contributed by atoms with Gasteiger partial charge in [-0.15, -0.1) is 11.3 Å². The molecule has 0 radical (unpaired) electrons. The standard InChI is InChI=1S/C13H16N2O2S2/c1-10(9-15-13-14-7-8-18-13)11-3-5-12(6-4-11)19(2,16)17/h3-8,10H,9H2,1-2H3,(H,14,15)/t10-/m0/s1. The molecule has 1 atom stereocenters. The van der Waals surface area contributed by atoms with Crippen LogP contribution in [0.4, 0.5) is 5.13 Å². The molecule has 0 aliphatic heterocycles. The van der Waals surface area contributed by atoms with E-state index in [0.717, 1.165) is 17.2 Å². The van der Waals surface area contributed by atoms with E-state index in [1.54, 1.807) is 29.7 Å². The summed E-state index contributed by atoms with van der Waals surface area (Å²) in [6, 6.07) is 7.05. The number of aromatic nitrogens is 1. The lowest BCUT2D eigenvalue weighted by Gasteiger charge is -2.12. The fraction of sp³-hybridized carbons (Fsp3) is 0.308. The van der Waals surface area contributed by atoms with Gasteiger partial charge >= 0.3 is 0 Å². The highest BCUT2D eigenvalue weighted by atomic mass is 32.2. The smallest absolute Gasteiger partial charge is 0.182 e. The summed E-state index contributed by atoms with van der Waals surface area (Å²) in [5, 5.41) is 6.08. The summed E-state index contributed by atoms with van der Waals surface area (Å²) < 4.78 is 22.8. The number of thiazole rings is 1. The fourth-order valence-corrected chi connectivity index (χ4v) is 2.88. The Morgan fingerprint density at radius 1 is 1.32 bits per heavy atom. The molecule has 0 amide bonds. The maximum Gasteiger partial charge on any atom is 0.182 e. The SMILES string of the molecule is C[C@@H](CNc1nccs1)c1ccc(S(C)(=O)=O)cc1. The monoisotopic (exact) mass is 296 g/mol. The summed E-state index contributed by atoms with van der Waals surface area (Å²) in [4.78, 5) is 4.51. The highest BCUT2D eigenvalue weighted by Gasteiger charge is 2.09. The topological polar surface area (TPSA) is 59.1 Å². The number of sulfone groups is 1. The Bertz CT molecular complexity index is 619. The summed E-state index contributed by atoms with van der Waals surface area (Å²) in [5.74, 6) is 0.289. The maximum atomic E-state index is 11.4. The average molecular weight is 296 g/mol. The van der Waals surface area contributed by atoms with Gasteiger partial charge in [-0.3, -0.25) is 0 Å². The largest absolute Gasteiger partial charge is 0.361 e. The molecule has 0 unspecified atom stereocenters. The molecule has 0 bridgehead atoms. The number of benzene rings is 1. The Balaban J connectivity index is 2.01. The number of hydrogen-bond acceptors (Lipinski definition) is 5. The van der Waals surface area contributed by atoms with Crippen LogP contribution in [0.25, 0.3) is 0 Å². The molecule has 4 nitrogen and oxygen atoms in total. The minimum atomic E-state index is -3.12. The van der Waals surface area contributed by atoms with Gasteiger partial charge in [0.05, 0.1) is 4.90 Å². The van der Waals surface area contributed by atoms with E-state index in [2.05, 4.69) is 17.2 Å². The van der Waals surface area contributed by atoms with Gasteiger partial charge in [0, 0.05) is 24.4 Å². The van der Waals surface area contributed by atoms with E-state index >= 15 is 0 Å². The molecule has 0 spiro atoms. The molecule has 0 fully saturated rings. The van der Waals surface area contributed by atoms with Gasteiger partial charge in [0.1, 0.15) is 0 Å². The summed E-state index contributed by atoms with van der Waals surface area (Å²) in [7, 11) is -3.12. The van der Waals surface area contributed by atoms with Crippen molar-refractivity contribution < 1.29 is 8.42 Å². The van der Waals surface area contributed by atoms with Crippen molar-refractivity contribution in [2.24, 2.45) is 0 Å². The van der Waals surface area contributed by atoms with Crippen molar-refractivity contribution in [1.82, 2.24) is 4.98 Å². The predicted molar refractivity (Wildman–Crippen MR) is 78.6 cm³/mol. The molecule has 19 heavy (non-hydrogen) atoms. The van der Waals surface area contributed by atoms with E-state index in [0.29, 0.717) is 4.90 Å². The van der Waals surface area contributed by atoms with Crippen LogP contribution in [0.2, 0.25) is 0 Å². The Hall–Kier alpha value is -1.40. The molecular weight excluding hydrogens is 280 g/mol. The number of anilines is 1. The van der Waals surface area contributed by atoms with Gasteiger partial charge in [0.2, 0.25) is 0 Å². The second-order valence-corrected chi connectivity index (χ2v) is 7.37. The molecule has 1 N–H and O–H groups in total. The number of nitrogens with one attached hydrogen (secondary N) is 1. The number of hydrogen-bond donors (Lipinski definition) is 1. The van der Waals surface area contributed by atoms with Crippen LogP contribution in [0.5, 0.6) is 0 Å². The molecule has 0 saturated carbocycles. The maximum absolute atomic E-state index is 11.4. The molecule has 1 aromatic carbocycles. The van der Waals surface area contributed by atoms with Gasteiger partial charge < -0.3 is 5.32 Å². The molecule has 1 aromatic heterocycles. The fourth-order valence-electron chi connectivity index (χ4n) is 1.71. The lowest BCUT2D eigenvalue weighted by atomic mass is 10.0. The molecular formula is C13H16N2O2S2. The van der Waals surface area contributed by atoms with Gasteiger partial charge in [-0.05, 0) is 23.6 Å². The molecule has 0 saturated heterocycles. The predicted octanol–water partition coefficient (Wildman–Crippen LogP) is 2.76. The van der Waals surface area contributed by atoms with E-state index in [9.17, 15) is 8.42 Å². The van der Waals surface area contributed by atoms with E-state index in [1.165, 1.54) is 6.26 Å². The van der Waals surface area contributed by atoms with E-state index in [-0.39, 0.29) is 5.92 Å². The first-order valence-electron chi connectivity index (χ1n) is 5.90. The van der Waals surface area contributed by atoms with Crippen LogP contribution in [0, 0.1) is 0 Å². The van der Waals surface area contributed by atoms with Gasteiger partial charge in [0.15, 0.2) is 15.0 Å². The van der Waals surface area contributed by atoms with Gasteiger partial charge in [0.25, 0.3) is 0 Å². The first kappa shape index (κ1) is 14.0. The summed E-state index contributed by atoms with van der Waals surface area (Å²) >= 11 is 1.56. The van der Waals surface area contributed by atoms with Crippen LogP contribution in [0.15, 0.2) is 40.7 Å². The summed E-state index contributed by atoms with van der Waals surface area (Å²) in [6.45, 7) is 2.86. The minimum Gasteiger partial charge on any atom is -0.361 e. The van der Waals surface area contributed by atoms with E-state index in [4.69, 9.17) is 0 Å². The molecule has 102 valence electrons. The Labute approximate surface area is 117 Å². The van der Waals surface area contributed by atoms with E-state index < -0.39 is 9.84 Å². The minimum absolute atomic E-state index is 0.289. The van der Waals surface area contributed by atoms with Crippen LogP contribution in [0.3, 0.4) is 0 Å². The van der Waals surface area contributed by atoms with Crippen molar-refractivity contribution in [2.45, 2.75) is 17.7 Å². The first-order valence-corrected chi connectivity index (χ1v) is 8.67. The molecule has 0 aliphatic rings. The lowest BCUT2D eigenvalue weighted by Crippen LogP contribution is -2.09. The highest BCUT2D eigenvalue weighted by molar-refractivity contribution is 7.90. The quantitative estimate of drug-likeness (QED) is 0.921. The molecule has 6 heteroatoms. The van der Waals surface area contributed by atoms with Crippen molar-refractivity contribution in [3.8, 4) is 0 Å². The van der Waals surface area contributed by atoms with Crippen molar-refractivity contribution in [1.29, 1.82) is 0 Å². The molecule has 2 rings (SSSR count). The van der Waals surface area contributed by atoms with Crippen molar-refractivity contribution in [2.75, 3.05) is 18.1 Å². The van der Waals surface area contributed by atoms with Crippen molar-refractivity contribution >= 4 is 26.3 Å². The first-order chi connectivity index (χ1) is 8.97. The summed E-state index contributed by atoms with van der Waals surface area (Å²) in [6.07, 6.45) is 2.98. The molecule has 2 aromatic rings. The zero-order valence-corrected chi connectivity index (χ0v) is 12.5. The van der Waals surface area contributed by atoms with E-state index in [1.807, 2.05) is 17.5 Å². The third-order valence-corrected chi connectivity index (χ3v) is 4.73. The normalized spacial score (nSPS) is 13.2. The van der Waals surface area contributed by atoms with Gasteiger partial charge in [-0.25, -0.2) is 13.4 Å². The average Bonchev–Trinajstić information content (AvgIpc) is 2.88. The Morgan fingerprint density at radius 2 is 2.00 bits per heavy atom. The van der Waals surface area contributed by atoms with Crippen LogP contribution < -0.4 is 5.32 Å². The molecule has 1 heterocycles. The Morgan fingerprint density at radius 3 is 2.53 bits per heavy atom. The zero-order chi connectivity index (χ0) is 13.9. The van der Waals surface area contributed by atoms with Crippen LogP contribution in [-0.4, -0.2) is 26.2 Å². The van der Waals surface area contributed by atoms with Crippen molar-refractivity contribution in [3.63, 3.8) is 0 Å².